The van der Waals surface area contributed by atoms with Gasteiger partial charge in [-0.2, -0.15) is 4.31 Å². The first-order chi connectivity index (χ1) is 11.5. The van der Waals surface area contributed by atoms with Crippen LogP contribution in [-0.4, -0.2) is 38.5 Å². The van der Waals surface area contributed by atoms with Crippen LogP contribution in [-0.2, 0) is 21.2 Å². The molecule has 128 valence electrons. The van der Waals surface area contributed by atoms with Gasteiger partial charge in [-0.1, -0.05) is 36.4 Å². The van der Waals surface area contributed by atoms with Gasteiger partial charge < -0.3 is 4.74 Å². The van der Waals surface area contributed by atoms with E-state index in [-0.39, 0.29) is 24.1 Å². The number of sulfonamides is 1. The smallest absolute Gasteiger partial charge is 0.243 e. The Kier molecular flexibility index (Phi) is 4.99. The van der Waals surface area contributed by atoms with Crippen molar-refractivity contribution >= 4 is 10.0 Å². The summed E-state index contributed by atoms with van der Waals surface area (Å²) in [6.45, 7) is 2.57. The van der Waals surface area contributed by atoms with Crippen LogP contribution in [0, 0.1) is 12.7 Å². The Hall–Kier alpha value is -1.76. The molecule has 0 radical (unpaired) electrons. The normalized spacial score (nSPS) is 19.3. The van der Waals surface area contributed by atoms with Gasteiger partial charge in [0.15, 0.2) is 0 Å². The third-order valence-electron chi connectivity index (χ3n) is 4.18. The van der Waals surface area contributed by atoms with E-state index in [1.54, 1.807) is 6.92 Å². The SMILES string of the molecule is Cc1ccc(F)cc1S(=O)(=O)N1CCO[C@H](Cc2ccccc2)C1. The summed E-state index contributed by atoms with van der Waals surface area (Å²) in [5.41, 5.74) is 1.64. The van der Waals surface area contributed by atoms with Crippen molar-refractivity contribution in [2.75, 3.05) is 19.7 Å². The first-order valence-corrected chi connectivity index (χ1v) is 9.32. The summed E-state index contributed by atoms with van der Waals surface area (Å²) >= 11 is 0. The summed E-state index contributed by atoms with van der Waals surface area (Å²) < 4.78 is 46.3. The van der Waals surface area contributed by atoms with Gasteiger partial charge in [0.2, 0.25) is 10.0 Å². The van der Waals surface area contributed by atoms with Crippen LogP contribution in [0.3, 0.4) is 0 Å². The lowest BCUT2D eigenvalue weighted by atomic mass is 10.1. The number of halogens is 1. The Bertz CT molecular complexity index is 808. The Morgan fingerprint density at radius 1 is 1.21 bits per heavy atom. The second-order valence-electron chi connectivity index (χ2n) is 5.96. The van der Waals surface area contributed by atoms with Crippen molar-refractivity contribution in [2.24, 2.45) is 0 Å². The zero-order chi connectivity index (χ0) is 17.2. The minimum atomic E-state index is -3.73. The van der Waals surface area contributed by atoms with Crippen LogP contribution < -0.4 is 0 Å². The summed E-state index contributed by atoms with van der Waals surface area (Å²) in [6, 6.07) is 13.7. The molecule has 0 spiro atoms. The molecule has 1 aliphatic heterocycles. The molecular weight excluding hydrogens is 329 g/mol. The van der Waals surface area contributed by atoms with Crippen LogP contribution in [0.2, 0.25) is 0 Å². The van der Waals surface area contributed by atoms with E-state index in [1.165, 1.54) is 16.4 Å². The predicted molar refractivity (Wildman–Crippen MR) is 89.8 cm³/mol. The number of nitrogens with zero attached hydrogens (tertiary/aromatic N) is 1. The summed E-state index contributed by atoms with van der Waals surface area (Å²) in [7, 11) is -3.73. The van der Waals surface area contributed by atoms with Gasteiger partial charge in [0.1, 0.15) is 5.82 Å². The van der Waals surface area contributed by atoms with E-state index in [0.29, 0.717) is 18.6 Å². The number of hydrogen-bond acceptors (Lipinski definition) is 3. The Balaban J connectivity index is 1.79. The molecule has 2 aromatic rings. The van der Waals surface area contributed by atoms with Gasteiger partial charge in [-0.05, 0) is 36.6 Å². The van der Waals surface area contributed by atoms with E-state index in [0.717, 1.165) is 11.6 Å². The molecule has 2 aromatic carbocycles. The maximum absolute atomic E-state index is 13.5. The largest absolute Gasteiger partial charge is 0.375 e. The van der Waals surface area contributed by atoms with Crippen molar-refractivity contribution in [1.82, 2.24) is 4.31 Å². The Labute approximate surface area is 141 Å². The van der Waals surface area contributed by atoms with E-state index < -0.39 is 15.8 Å². The molecule has 0 N–H and O–H groups in total. The quantitative estimate of drug-likeness (QED) is 0.853. The van der Waals surface area contributed by atoms with Crippen molar-refractivity contribution < 1.29 is 17.5 Å². The predicted octanol–water partition coefficient (Wildman–Crippen LogP) is 2.77. The highest BCUT2D eigenvalue weighted by atomic mass is 32.2. The van der Waals surface area contributed by atoms with Gasteiger partial charge >= 0.3 is 0 Å². The average molecular weight is 349 g/mol. The highest BCUT2D eigenvalue weighted by molar-refractivity contribution is 7.89. The fourth-order valence-corrected chi connectivity index (χ4v) is 4.59. The van der Waals surface area contributed by atoms with Crippen molar-refractivity contribution in [3.8, 4) is 0 Å². The minimum absolute atomic E-state index is 0.0304. The third-order valence-corrected chi connectivity index (χ3v) is 6.18. The molecule has 1 aliphatic rings. The summed E-state index contributed by atoms with van der Waals surface area (Å²) in [5, 5.41) is 0. The molecule has 4 nitrogen and oxygen atoms in total. The summed E-state index contributed by atoms with van der Waals surface area (Å²) in [5.74, 6) is -0.548. The second kappa shape index (κ2) is 7.01. The van der Waals surface area contributed by atoms with Crippen LogP contribution in [0.5, 0.6) is 0 Å². The summed E-state index contributed by atoms with van der Waals surface area (Å²) in [6.07, 6.45) is 0.444. The number of benzene rings is 2. The standard InChI is InChI=1S/C18H20FNO3S/c1-14-7-8-16(19)12-18(14)24(21,22)20-9-10-23-17(13-20)11-15-5-3-2-4-6-15/h2-8,12,17H,9-11,13H2,1H3/t17-/m1/s1. The molecule has 0 saturated carbocycles. The topological polar surface area (TPSA) is 46.6 Å². The number of morpholine rings is 1. The molecule has 24 heavy (non-hydrogen) atoms. The van der Waals surface area contributed by atoms with Crippen LogP contribution >= 0.6 is 0 Å². The maximum Gasteiger partial charge on any atom is 0.243 e. The highest BCUT2D eigenvalue weighted by Gasteiger charge is 2.32. The molecule has 0 bridgehead atoms. The van der Waals surface area contributed by atoms with Crippen LogP contribution in [0.4, 0.5) is 4.39 Å². The third kappa shape index (κ3) is 3.66. The van der Waals surface area contributed by atoms with E-state index in [2.05, 4.69) is 0 Å². The number of ether oxygens (including phenoxy) is 1. The Morgan fingerprint density at radius 2 is 1.96 bits per heavy atom. The molecule has 3 rings (SSSR count). The van der Waals surface area contributed by atoms with Gasteiger partial charge in [-0.25, -0.2) is 12.8 Å². The fourth-order valence-electron chi connectivity index (χ4n) is 2.90. The Morgan fingerprint density at radius 3 is 2.71 bits per heavy atom. The monoisotopic (exact) mass is 349 g/mol. The van der Waals surface area contributed by atoms with E-state index in [4.69, 9.17) is 4.74 Å². The maximum atomic E-state index is 13.5. The molecule has 0 aliphatic carbocycles. The zero-order valence-electron chi connectivity index (χ0n) is 13.5. The lowest BCUT2D eigenvalue weighted by Gasteiger charge is -2.32. The number of rotatable bonds is 4. The van der Waals surface area contributed by atoms with E-state index >= 15 is 0 Å². The van der Waals surface area contributed by atoms with Crippen LogP contribution in [0.25, 0.3) is 0 Å². The van der Waals surface area contributed by atoms with Crippen molar-refractivity contribution in [3.05, 3.63) is 65.5 Å². The van der Waals surface area contributed by atoms with Crippen molar-refractivity contribution in [3.63, 3.8) is 0 Å². The molecule has 1 atom stereocenters. The van der Waals surface area contributed by atoms with E-state index in [9.17, 15) is 12.8 Å². The molecule has 6 heteroatoms. The van der Waals surface area contributed by atoms with Gasteiger partial charge in [-0.15, -0.1) is 0 Å². The molecule has 0 amide bonds. The first kappa shape index (κ1) is 17.1. The molecule has 1 heterocycles. The second-order valence-corrected chi connectivity index (χ2v) is 7.86. The lowest BCUT2D eigenvalue weighted by molar-refractivity contribution is -0.000508. The highest BCUT2D eigenvalue weighted by Crippen LogP contribution is 2.23. The van der Waals surface area contributed by atoms with Gasteiger partial charge in [0.05, 0.1) is 17.6 Å². The molecule has 1 fully saturated rings. The zero-order valence-corrected chi connectivity index (χ0v) is 14.3. The van der Waals surface area contributed by atoms with Gasteiger partial charge in [0, 0.05) is 13.1 Å². The van der Waals surface area contributed by atoms with E-state index in [1.807, 2.05) is 30.3 Å². The molecule has 0 unspecified atom stereocenters. The number of aryl methyl sites for hydroxylation is 1. The average Bonchev–Trinajstić information content (AvgIpc) is 2.58. The molecule has 0 aromatic heterocycles. The first-order valence-electron chi connectivity index (χ1n) is 7.88. The van der Waals surface area contributed by atoms with Crippen molar-refractivity contribution in [1.29, 1.82) is 0 Å². The van der Waals surface area contributed by atoms with Crippen LogP contribution in [0.15, 0.2) is 53.4 Å². The lowest BCUT2D eigenvalue weighted by Crippen LogP contribution is -2.46. The number of hydrogen-bond donors (Lipinski definition) is 0. The minimum Gasteiger partial charge on any atom is -0.375 e. The van der Waals surface area contributed by atoms with Gasteiger partial charge in [-0.3, -0.25) is 0 Å². The van der Waals surface area contributed by atoms with Crippen LogP contribution in [0.1, 0.15) is 11.1 Å². The fraction of sp³-hybridized carbons (Fsp3) is 0.333. The molecular formula is C18H20FNO3S. The molecule has 1 saturated heterocycles. The van der Waals surface area contributed by atoms with Gasteiger partial charge in [0.25, 0.3) is 0 Å². The van der Waals surface area contributed by atoms with Crippen molar-refractivity contribution in [2.45, 2.75) is 24.3 Å². The summed E-state index contributed by atoms with van der Waals surface area (Å²) in [4.78, 5) is 0.0304.